The summed E-state index contributed by atoms with van der Waals surface area (Å²) in [5.74, 6) is -0.391. The molecule has 3 heterocycles. The van der Waals surface area contributed by atoms with Gasteiger partial charge in [0.1, 0.15) is 11.5 Å². The largest absolute Gasteiger partial charge is 0.325 e. The van der Waals surface area contributed by atoms with Crippen LogP contribution in [0.1, 0.15) is 29.4 Å². The molecule has 126 valence electrons. The van der Waals surface area contributed by atoms with Gasteiger partial charge in [0.15, 0.2) is 5.15 Å². The Kier molecular flexibility index (Phi) is 3.69. The Hall–Kier alpha value is -2.87. The zero-order chi connectivity index (χ0) is 17.6. The summed E-state index contributed by atoms with van der Waals surface area (Å²) in [6, 6.07) is 3.30. The minimum atomic E-state index is -0.605. The standard InChI is InChI=1S/C16H11ClFN5O2/c17-14-10(9-3-8(9)7-1-2-19-6-12(7)18)4-13(22-23-14)11-5-20-16(25)21-15(11)24/h1-2,4-6,8-9H,3H2,(H2,20,21,24,25)/t8?,9-/m0/s1. The first-order valence-corrected chi connectivity index (χ1v) is 7.87. The van der Waals surface area contributed by atoms with Crippen molar-refractivity contribution in [2.24, 2.45) is 0 Å². The fourth-order valence-electron chi connectivity index (χ4n) is 2.95. The van der Waals surface area contributed by atoms with Crippen molar-refractivity contribution < 1.29 is 4.39 Å². The van der Waals surface area contributed by atoms with Gasteiger partial charge in [-0.15, -0.1) is 10.2 Å². The lowest BCUT2D eigenvalue weighted by molar-refractivity contribution is 0.603. The van der Waals surface area contributed by atoms with Gasteiger partial charge in [-0.2, -0.15) is 0 Å². The molecular weight excluding hydrogens is 349 g/mol. The minimum absolute atomic E-state index is 0.0134. The van der Waals surface area contributed by atoms with Gasteiger partial charge in [-0.3, -0.25) is 14.8 Å². The Morgan fingerprint density at radius 2 is 2.00 bits per heavy atom. The van der Waals surface area contributed by atoms with E-state index in [1.165, 1.54) is 12.4 Å². The molecule has 3 aromatic rings. The first kappa shape index (κ1) is 15.6. The molecule has 2 N–H and O–H groups in total. The van der Waals surface area contributed by atoms with Crippen LogP contribution < -0.4 is 11.2 Å². The fourth-order valence-corrected chi connectivity index (χ4v) is 3.18. The summed E-state index contributed by atoms with van der Waals surface area (Å²) in [6.45, 7) is 0. The maximum Gasteiger partial charge on any atom is 0.325 e. The van der Waals surface area contributed by atoms with Gasteiger partial charge < -0.3 is 4.98 Å². The number of aromatic nitrogens is 5. The van der Waals surface area contributed by atoms with Gasteiger partial charge in [0, 0.05) is 12.4 Å². The maximum absolute atomic E-state index is 13.9. The van der Waals surface area contributed by atoms with E-state index in [0.717, 1.165) is 0 Å². The molecule has 9 heteroatoms. The minimum Gasteiger partial charge on any atom is -0.313 e. The van der Waals surface area contributed by atoms with E-state index in [2.05, 4.69) is 25.1 Å². The molecule has 3 aromatic heterocycles. The Bertz CT molecular complexity index is 1080. The molecule has 7 nitrogen and oxygen atoms in total. The molecular formula is C16H11ClFN5O2. The van der Waals surface area contributed by atoms with Crippen LogP contribution in [-0.2, 0) is 0 Å². The molecule has 2 atom stereocenters. The van der Waals surface area contributed by atoms with E-state index in [0.29, 0.717) is 17.5 Å². The number of hydrogen-bond donors (Lipinski definition) is 2. The molecule has 0 aliphatic heterocycles. The molecule has 0 bridgehead atoms. The smallest absolute Gasteiger partial charge is 0.313 e. The van der Waals surface area contributed by atoms with E-state index >= 15 is 0 Å². The summed E-state index contributed by atoms with van der Waals surface area (Å²) in [5, 5.41) is 8.03. The lowest BCUT2D eigenvalue weighted by atomic mass is 10.1. The van der Waals surface area contributed by atoms with Crippen LogP contribution in [0.4, 0.5) is 4.39 Å². The van der Waals surface area contributed by atoms with Gasteiger partial charge in [0.05, 0.1) is 11.8 Å². The summed E-state index contributed by atoms with van der Waals surface area (Å²) >= 11 is 6.15. The number of nitrogens with zero attached hydrogens (tertiary/aromatic N) is 3. The highest BCUT2D eigenvalue weighted by atomic mass is 35.5. The van der Waals surface area contributed by atoms with Crippen molar-refractivity contribution in [2.75, 3.05) is 0 Å². The molecule has 0 spiro atoms. The predicted molar refractivity (Wildman–Crippen MR) is 88.0 cm³/mol. The third-order valence-corrected chi connectivity index (χ3v) is 4.56. The second-order valence-corrected chi connectivity index (χ2v) is 6.17. The van der Waals surface area contributed by atoms with Crippen LogP contribution in [0.2, 0.25) is 5.15 Å². The van der Waals surface area contributed by atoms with Crippen LogP contribution >= 0.6 is 11.6 Å². The van der Waals surface area contributed by atoms with Crippen molar-refractivity contribution >= 4 is 11.6 Å². The Morgan fingerprint density at radius 3 is 2.76 bits per heavy atom. The summed E-state index contributed by atoms with van der Waals surface area (Å²) in [6.07, 6.45) is 4.72. The second-order valence-electron chi connectivity index (χ2n) is 5.81. The molecule has 1 aliphatic carbocycles. The first-order valence-electron chi connectivity index (χ1n) is 7.49. The molecule has 1 fully saturated rings. The molecule has 25 heavy (non-hydrogen) atoms. The third-order valence-electron chi connectivity index (χ3n) is 4.26. The first-order chi connectivity index (χ1) is 12.0. The normalized spacial score (nSPS) is 19.0. The topological polar surface area (TPSA) is 104 Å². The van der Waals surface area contributed by atoms with Gasteiger partial charge in [-0.1, -0.05) is 11.6 Å². The molecule has 1 aliphatic rings. The monoisotopic (exact) mass is 359 g/mol. The number of pyridine rings is 1. The molecule has 0 radical (unpaired) electrons. The van der Waals surface area contributed by atoms with Gasteiger partial charge in [-0.05, 0) is 41.5 Å². The number of rotatable bonds is 3. The Morgan fingerprint density at radius 1 is 1.20 bits per heavy atom. The van der Waals surface area contributed by atoms with Crippen LogP contribution in [0.3, 0.4) is 0 Å². The zero-order valence-electron chi connectivity index (χ0n) is 12.7. The molecule has 0 saturated heterocycles. The maximum atomic E-state index is 13.9. The highest BCUT2D eigenvalue weighted by molar-refractivity contribution is 6.30. The van der Waals surface area contributed by atoms with Crippen LogP contribution in [-0.4, -0.2) is 25.1 Å². The Labute approximate surface area is 144 Å². The van der Waals surface area contributed by atoms with E-state index in [4.69, 9.17) is 11.6 Å². The molecule has 4 rings (SSSR count). The van der Waals surface area contributed by atoms with Crippen molar-refractivity contribution in [3.63, 3.8) is 0 Å². The highest BCUT2D eigenvalue weighted by Gasteiger charge is 2.42. The van der Waals surface area contributed by atoms with Crippen molar-refractivity contribution in [2.45, 2.75) is 18.3 Å². The van der Waals surface area contributed by atoms with Gasteiger partial charge >= 0.3 is 5.69 Å². The average Bonchev–Trinajstić information content (AvgIpc) is 3.36. The van der Waals surface area contributed by atoms with E-state index in [-0.39, 0.29) is 34.1 Å². The van der Waals surface area contributed by atoms with Crippen molar-refractivity contribution in [1.82, 2.24) is 25.1 Å². The van der Waals surface area contributed by atoms with E-state index < -0.39 is 11.2 Å². The average molecular weight is 360 g/mol. The van der Waals surface area contributed by atoms with Gasteiger partial charge in [0.2, 0.25) is 0 Å². The fraction of sp³-hybridized carbons (Fsp3) is 0.188. The van der Waals surface area contributed by atoms with Crippen LogP contribution in [0.15, 0.2) is 40.3 Å². The Balaban J connectivity index is 1.71. The van der Waals surface area contributed by atoms with Crippen LogP contribution in [0.25, 0.3) is 11.3 Å². The van der Waals surface area contributed by atoms with Crippen LogP contribution in [0.5, 0.6) is 0 Å². The van der Waals surface area contributed by atoms with Gasteiger partial charge in [-0.25, -0.2) is 9.18 Å². The van der Waals surface area contributed by atoms with Crippen molar-refractivity contribution in [1.29, 1.82) is 0 Å². The summed E-state index contributed by atoms with van der Waals surface area (Å²) in [7, 11) is 0. The number of H-pyrrole nitrogens is 2. The quantitative estimate of drug-likeness (QED) is 0.744. The van der Waals surface area contributed by atoms with Crippen LogP contribution in [0, 0.1) is 5.82 Å². The summed E-state index contributed by atoms with van der Waals surface area (Å²) < 4.78 is 13.9. The SMILES string of the molecule is O=c1[nH]cc(-c2cc([C@H]3CC3c3ccncc3F)c(Cl)nn2)c(=O)[nH]1. The summed E-state index contributed by atoms with van der Waals surface area (Å²) in [4.78, 5) is 31.3. The predicted octanol–water partition coefficient (Wildman–Crippen LogP) is 1.98. The number of aromatic amines is 2. The lowest BCUT2D eigenvalue weighted by Gasteiger charge is -2.06. The molecule has 1 unspecified atom stereocenters. The van der Waals surface area contributed by atoms with E-state index in [1.54, 1.807) is 18.3 Å². The van der Waals surface area contributed by atoms with E-state index in [9.17, 15) is 14.0 Å². The number of halogens is 2. The number of nitrogens with one attached hydrogen (secondary N) is 2. The molecule has 0 aromatic carbocycles. The second kappa shape index (κ2) is 5.89. The van der Waals surface area contributed by atoms with Gasteiger partial charge in [0.25, 0.3) is 5.56 Å². The van der Waals surface area contributed by atoms with Crippen molar-refractivity contribution in [3.8, 4) is 11.3 Å². The van der Waals surface area contributed by atoms with E-state index in [1.807, 2.05) is 0 Å². The molecule has 1 saturated carbocycles. The highest BCUT2D eigenvalue weighted by Crippen LogP contribution is 2.56. The zero-order valence-corrected chi connectivity index (χ0v) is 13.4. The lowest BCUT2D eigenvalue weighted by Crippen LogP contribution is -2.23. The summed E-state index contributed by atoms with van der Waals surface area (Å²) in [5.41, 5.74) is 0.565. The van der Waals surface area contributed by atoms with Crippen molar-refractivity contribution in [3.05, 3.63) is 73.7 Å². The molecule has 0 amide bonds. The number of hydrogen-bond acceptors (Lipinski definition) is 5. The third kappa shape index (κ3) is 2.85.